The van der Waals surface area contributed by atoms with Crippen molar-refractivity contribution in [1.82, 2.24) is 60.2 Å². The van der Waals surface area contributed by atoms with Crippen LogP contribution in [0.15, 0.2) is 66.9 Å². The molecular formula is C56H72N14O10. The Kier molecular flexibility index (Phi) is 18.6. The summed E-state index contributed by atoms with van der Waals surface area (Å²) < 4.78 is 31.1. The summed E-state index contributed by atoms with van der Waals surface area (Å²) in [5, 5.41) is 21.3. The van der Waals surface area contributed by atoms with Gasteiger partial charge in [0.05, 0.1) is 70.2 Å². The second-order valence-corrected chi connectivity index (χ2v) is 20.1. The maximum absolute atomic E-state index is 14.5. The number of anilines is 3. The van der Waals surface area contributed by atoms with Gasteiger partial charge in [0.1, 0.15) is 24.1 Å². The molecule has 6 aromatic rings. The van der Waals surface area contributed by atoms with Crippen LogP contribution in [-0.2, 0) is 30.9 Å². The SMILES string of the molecule is CN[C@@H](C)C(=O)NC(C(=O)N1CCN(C(=O)c2c(C(=O)NCCOCCOCC(=O)N3CCN(c4ccc(Nc5ncc6nnn(-c7ccc(OC)c(OC)c7)c6n5)cc4)CC3)c3ccc(OC)cc3n2C)CC1)C1CCCCC1. The van der Waals surface area contributed by atoms with Gasteiger partial charge in [-0.2, -0.15) is 9.67 Å². The fourth-order valence-corrected chi connectivity index (χ4v) is 10.6. The van der Waals surface area contributed by atoms with Gasteiger partial charge in [-0.3, -0.25) is 24.0 Å². The zero-order valence-corrected chi connectivity index (χ0v) is 46.4. The van der Waals surface area contributed by atoms with Crippen LogP contribution in [0.1, 0.15) is 59.9 Å². The predicted molar refractivity (Wildman–Crippen MR) is 299 cm³/mol. The molecule has 24 nitrogen and oxygen atoms in total. The fourth-order valence-electron chi connectivity index (χ4n) is 10.6. The van der Waals surface area contributed by atoms with Gasteiger partial charge in [-0.25, -0.2) is 4.98 Å². The molecule has 3 aliphatic rings. The van der Waals surface area contributed by atoms with E-state index in [1.807, 2.05) is 30.3 Å². The first kappa shape index (κ1) is 56.6. The molecule has 2 saturated heterocycles. The minimum Gasteiger partial charge on any atom is -0.497 e. The number of nitrogens with one attached hydrogen (secondary N) is 4. The number of hydrogen-bond donors (Lipinski definition) is 4. The van der Waals surface area contributed by atoms with Crippen molar-refractivity contribution in [2.45, 2.75) is 51.1 Å². The Hall–Kier alpha value is -8.09. The van der Waals surface area contributed by atoms with Crippen LogP contribution in [-0.4, -0.2) is 200 Å². The lowest BCUT2D eigenvalue weighted by molar-refractivity contribution is -0.140. The molecule has 3 aromatic carbocycles. The Balaban J connectivity index is 0.704. The Labute approximate surface area is 464 Å². The van der Waals surface area contributed by atoms with Crippen molar-refractivity contribution in [1.29, 1.82) is 0 Å². The lowest BCUT2D eigenvalue weighted by atomic mass is 9.83. The van der Waals surface area contributed by atoms with Gasteiger partial charge in [-0.1, -0.05) is 24.5 Å². The largest absolute Gasteiger partial charge is 0.497 e. The molecule has 2 aliphatic heterocycles. The molecule has 1 saturated carbocycles. The van der Waals surface area contributed by atoms with Crippen molar-refractivity contribution in [3.8, 4) is 22.9 Å². The third-order valence-electron chi connectivity index (χ3n) is 15.3. The predicted octanol–water partition coefficient (Wildman–Crippen LogP) is 3.54. The zero-order chi connectivity index (χ0) is 56.3. The monoisotopic (exact) mass is 1100 g/mol. The lowest BCUT2D eigenvalue weighted by Crippen LogP contribution is -2.59. The topological polar surface area (TPSA) is 254 Å². The number of nitrogens with zero attached hydrogens (tertiary/aromatic N) is 10. The van der Waals surface area contributed by atoms with Crippen LogP contribution in [0.3, 0.4) is 0 Å². The number of aromatic nitrogens is 6. The average Bonchev–Trinajstić information content (AvgIpc) is 4.08. The Morgan fingerprint density at radius 3 is 2.16 bits per heavy atom. The maximum atomic E-state index is 14.5. The van der Waals surface area contributed by atoms with Gasteiger partial charge in [0.2, 0.25) is 23.7 Å². The molecule has 0 bridgehead atoms. The average molecular weight is 1100 g/mol. The first-order chi connectivity index (χ1) is 38.9. The first-order valence-electron chi connectivity index (χ1n) is 27.3. The summed E-state index contributed by atoms with van der Waals surface area (Å²) in [6.45, 7) is 5.92. The van der Waals surface area contributed by atoms with Crippen molar-refractivity contribution in [2.75, 3.05) is 124 Å². The number of amides is 5. The van der Waals surface area contributed by atoms with Gasteiger partial charge < -0.3 is 69.1 Å². The van der Waals surface area contributed by atoms with Crippen LogP contribution < -0.4 is 40.4 Å². The number of fused-ring (bicyclic) bond motifs is 2. The third-order valence-corrected chi connectivity index (χ3v) is 15.3. The van der Waals surface area contributed by atoms with Gasteiger partial charge in [0, 0.05) is 94.8 Å². The molecule has 0 radical (unpaired) electrons. The van der Waals surface area contributed by atoms with Gasteiger partial charge in [0.25, 0.3) is 11.8 Å². The minimum atomic E-state index is -0.630. The zero-order valence-electron chi connectivity index (χ0n) is 46.4. The van der Waals surface area contributed by atoms with Crippen LogP contribution in [0.4, 0.5) is 17.3 Å². The molecule has 0 spiro atoms. The second kappa shape index (κ2) is 26.2. The smallest absolute Gasteiger partial charge is 0.271 e. The molecule has 24 heteroatoms. The quantitative estimate of drug-likeness (QED) is 0.0710. The fraction of sp³-hybridized carbons (Fsp3) is 0.482. The lowest BCUT2D eigenvalue weighted by Gasteiger charge is -2.39. The number of rotatable bonds is 22. The minimum absolute atomic E-state index is 0.0535. The first-order valence-corrected chi connectivity index (χ1v) is 27.3. The van der Waals surface area contributed by atoms with E-state index in [1.54, 1.807) is 103 Å². The Morgan fingerprint density at radius 1 is 0.750 bits per heavy atom. The van der Waals surface area contributed by atoms with Crippen LogP contribution >= 0.6 is 0 Å². The summed E-state index contributed by atoms with van der Waals surface area (Å²) >= 11 is 0. The van der Waals surface area contributed by atoms with Gasteiger partial charge in [0.15, 0.2) is 22.7 Å². The van der Waals surface area contributed by atoms with Crippen LogP contribution in [0.25, 0.3) is 27.8 Å². The van der Waals surface area contributed by atoms with Crippen molar-refractivity contribution in [3.05, 3.63) is 78.1 Å². The van der Waals surface area contributed by atoms with Crippen LogP contribution in [0.2, 0.25) is 0 Å². The van der Waals surface area contributed by atoms with Crippen molar-refractivity contribution in [3.63, 3.8) is 0 Å². The van der Waals surface area contributed by atoms with E-state index in [4.69, 9.17) is 28.7 Å². The third kappa shape index (κ3) is 12.8. The van der Waals surface area contributed by atoms with E-state index in [-0.39, 0.29) is 86.9 Å². The van der Waals surface area contributed by atoms with Gasteiger partial charge in [-0.05, 0) is 81.3 Å². The van der Waals surface area contributed by atoms with Crippen molar-refractivity contribution >= 4 is 68.9 Å². The van der Waals surface area contributed by atoms with Gasteiger partial charge >= 0.3 is 0 Å². The Bertz CT molecular complexity index is 3140. The molecule has 5 amide bonds. The number of ether oxygens (including phenoxy) is 5. The molecule has 3 aromatic heterocycles. The number of carbonyl (C=O) groups is 5. The van der Waals surface area contributed by atoms with Crippen molar-refractivity contribution < 1.29 is 47.7 Å². The maximum Gasteiger partial charge on any atom is 0.271 e. The summed E-state index contributed by atoms with van der Waals surface area (Å²) in [5.41, 5.74) is 4.68. The molecule has 4 N–H and O–H groups in total. The summed E-state index contributed by atoms with van der Waals surface area (Å²) in [4.78, 5) is 85.2. The van der Waals surface area contributed by atoms with E-state index < -0.39 is 18.0 Å². The van der Waals surface area contributed by atoms with Crippen LogP contribution in [0.5, 0.6) is 17.2 Å². The van der Waals surface area contributed by atoms with E-state index in [0.29, 0.717) is 90.2 Å². The number of hydrogen-bond acceptors (Lipinski definition) is 17. The summed E-state index contributed by atoms with van der Waals surface area (Å²) in [6.07, 6.45) is 6.51. The summed E-state index contributed by atoms with van der Waals surface area (Å²) in [7, 11) is 8.17. The number of piperazine rings is 2. The summed E-state index contributed by atoms with van der Waals surface area (Å²) in [6, 6.07) is 17.6. The number of carbonyl (C=O) groups excluding carboxylic acids is 5. The van der Waals surface area contributed by atoms with Gasteiger partial charge in [-0.15, -0.1) is 5.10 Å². The van der Waals surface area contributed by atoms with E-state index >= 15 is 0 Å². The molecule has 9 rings (SSSR count). The van der Waals surface area contributed by atoms with E-state index in [2.05, 4.69) is 41.5 Å². The highest BCUT2D eigenvalue weighted by Gasteiger charge is 2.38. The molecule has 80 heavy (non-hydrogen) atoms. The second-order valence-electron chi connectivity index (χ2n) is 20.1. The number of aryl methyl sites for hydroxylation is 1. The Morgan fingerprint density at radius 2 is 1.45 bits per heavy atom. The highest BCUT2D eigenvalue weighted by Crippen LogP contribution is 2.33. The number of methoxy groups -OCH3 is 3. The van der Waals surface area contributed by atoms with Crippen molar-refractivity contribution in [2.24, 2.45) is 13.0 Å². The molecule has 2 atom stereocenters. The number of benzene rings is 3. The normalized spacial score (nSPS) is 15.9. The summed E-state index contributed by atoms with van der Waals surface area (Å²) in [5.74, 6) is 0.953. The highest BCUT2D eigenvalue weighted by molar-refractivity contribution is 6.16. The number of likely N-dealkylation sites (N-methyl/N-ethyl adjacent to an activating group) is 1. The molecule has 5 heterocycles. The van der Waals surface area contributed by atoms with E-state index in [0.717, 1.165) is 43.5 Å². The highest BCUT2D eigenvalue weighted by atomic mass is 16.5. The van der Waals surface area contributed by atoms with E-state index in [1.165, 1.54) is 0 Å². The van der Waals surface area contributed by atoms with Crippen LogP contribution in [0, 0.1) is 5.92 Å². The molecule has 1 unspecified atom stereocenters. The molecule has 1 aliphatic carbocycles. The standard InChI is InChI=1S/C56H72N14O10/c1-36(57-2)52(72)61-49(37-10-8-7-9-11-37)54(74)68-25-27-69(28-26-68)55(75)50-48(42-18-17-41(76-4)33-44(42)65(50)3)53(73)58-20-29-79-30-31-80-35-47(71)67-23-21-66(22-24-67)39-14-12-38(13-15-39)60-56-59-34-43-51(62-56)70(64-63-43)40-16-19-45(77-5)46(32-40)78-6/h12-19,32-34,36-37,49,57H,7-11,20-31,35H2,1-6H3,(H,58,73)(H,61,72)(H,59,60,62)/t36-,49?/m0/s1. The molecular weight excluding hydrogens is 1030 g/mol. The molecule has 426 valence electrons. The molecule has 3 fully saturated rings. The van der Waals surface area contributed by atoms with E-state index in [9.17, 15) is 24.0 Å².